The highest BCUT2D eigenvalue weighted by atomic mass is 32.1. The average molecular weight is 547 g/mol. The Labute approximate surface area is 230 Å². The molecule has 1 amide bonds. The summed E-state index contributed by atoms with van der Waals surface area (Å²) >= 11 is 1.26. The van der Waals surface area contributed by atoms with Gasteiger partial charge in [-0.05, 0) is 62.7 Å². The van der Waals surface area contributed by atoms with Crippen molar-refractivity contribution in [3.8, 4) is 23.3 Å². The number of nitrogens with zero attached hydrogens (tertiary/aromatic N) is 4. The monoisotopic (exact) mass is 546 g/mol. The molecule has 1 aliphatic heterocycles. The van der Waals surface area contributed by atoms with Gasteiger partial charge in [-0.15, -0.1) is 0 Å². The van der Waals surface area contributed by atoms with Gasteiger partial charge in [0.2, 0.25) is 0 Å². The maximum atomic E-state index is 13.9. The van der Waals surface area contributed by atoms with E-state index in [1.807, 2.05) is 32.0 Å². The van der Waals surface area contributed by atoms with Crippen molar-refractivity contribution >= 4 is 23.3 Å². The van der Waals surface area contributed by atoms with E-state index in [1.165, 1.54) is 11.3 Å². The Hall–Kier alpha value is -4.36. The van der Waals surface area contributed by atoms with Crippen molar-refractivity contribution in [2.45, 2.75) is 26.8 Å². The molecule has 3 aromatic rings. The third-order valence-electron chi connectivity index (χ3n) is 6.52. The normalized spacial score (nSPS) is 14.8. The van der Waals surface area contributed by atoms with E-state index >= 15 is 0 Å². The number of hydrogen-bond donors (Lipinski definition) is 0. The van der Waals surface area contributed by atoms with Crippen LogP contribution in [0.2, 0.25) is 0 Å². The van der Waals surface area contributed by atoms with Crippen molar-refractivity contribution in [1.29, 1.82) is 5.26 Å². The van der Waals surface area contributed by atoms with Crippen molar-refractivity contribution in [3.63, 3.8) is 0 Å². The molecule has 0 fully saturated rings. The zero-order chi connectivity index (χ0) is 28.1. The summed E-state index contributed by atoms with van der Waals surface area (Å²) in [6.07, 6.45) is 1.78. The number of nitriles is 1. The van der Waals surface area contributed by atoms with Crippen LogP contribution in [0.25, 0.3) is 6.08 Å². The third kappa shape index (κ3) is 5.45. The highest BCUT2D eigenvalue weighted by Crippen LogP contribution is 2.38. The van der Waals surface area contributed by atoms with Crippen LogP contribution in [0.15, 0.2) is 63.5 Å². The van der Waals surface area contributed by atoms with Gasteiger partial charge in [-0.3, -0.25) is 14.2 Å². The summed E-state index contributed by atoms with van der Waals surface area (Å²) < 4.78 is 18.5. The first kappa shape index (κ1) is 27.7. The van der Waals surface area contributed by atoms with Crippen molar-refractivity contribution in [1.82, 2.24) is 9.47 Å². The van der Waals surface area contributed by atoms with E-state index < -0.39 is 6.04 Å². The minimum atomic E-state index is -0.761. The standard InChI is InChI=1S/C29H30N4O5S/c1-6-32(7-2)28(35)25-18(3)31-29-33(26(25)22-17-21(36-4)12-13-23(22)37-5)27(34)24(39-29)16-19-8-10-20(11-9-19)38-15-14-30/h8-13,16-17,26H,6-7,15H2,1-5H3/b24-16+/t26-/m1/s1. The molecule has 0 unspecified atom stereocenters. The number of amides is 1. The number of likely N-dealkylation sites (N-methyl/N-ethyl adjacent to an activating group) is 1. The minimum Gasteiger partial charge on any atom is -0.497 e. The fraction of sp³-hybridized carbons (Fsp3) is 0.310. The molecule has 0 saturated carbocycles. The number of aromatic nitrogens is 1. The Balaban J connectivity index is 1.94. The number of benzene rings is 2. The minimum absolute atomic E-state index is 0.0421. The number of carbonyl (C=O) groups excluding carboxylic acids is 1. The molecule has 2 heterocycles. The number of ether oxygens (including phenoxy) is 3. The van der Waals surface area contributed by atoms with E-state index in [-0.39, 0.29) is 18.1 Å². The highest BCUT2D eigenvalue weighted by molar-refractivity contribution is 7.07. The number of allylic oxidation sites excluding steroid dienone is 1. The molecule has 39 heavy (non-hydrogen) atoms. The van der Waals surface area contributed by atoms with Crippen molar-refractivity contribution in [2.75, 3.05) is 33.9 Å². The largest absolute Gasteiger partial charge is 0.497 e. The predicted octanol–water partition coefficient (Wildman–Crippen LogP) is 3.02. The number of thiazole rings is 1. The molecule has 4 rings (SSSR count). The number of carbonyl (C=O) groups is 1. The molecule has 1 aromatic heterocycles. The first-order valence-corrected chi connectivity index (χ1v) is 13.3. The zero-order valence-electron chi connectivity index (χ0n) is 22.6. The van der Waals surface area contributed by atoms with Gasteiger partial charge in [0.05, 0.1) is 30.0 Å². The molecule has 1 atom stereocenters. The topological polar surface area (TPSA) is 106 Å². The molecule has 0 radical (unpaired) electrons. The van der Waals surface area contributed by atoms with Gasteiger partial charge in [-0.1, -0.05) is 23.5 Å². The molecule has 202 valence electrons. The van der Waals surface area contributed by atoms with Gasteiger partial charge < -0.3 is 19.1 Å². The van der Waals surface area contributed by atoms with Crippen molar-refractivity contribution < 1.29 is 19.0 Å². The lowest BCUT2D eigenvalue weighted by Gasteiger charge is -2.30. The summed E-state index contributed by atoms with van der Waals surface area (Å²) in [5.74, 6) is 1.49. The lowest BCUT2D eigenvalue weighted by molar-refractivity contribution is -0.127. The summed E-state index contributed by atoms with van der Waals surface area (Å²) in [5, 5.41) is 8.72. The summed E-state index contributed by atoms with van der Waals surface area (Å²) in [6, 6.07) is 13.6. The Morgan fingerprint density at radius 2 is 1.82 bits per heavy atom. The van der Waals surface area contributed by atoms with Gasteiger partial charge >= 0.3 is 0 Å². The third-order valence-corrected chi connectivity index (χ3v) is 7.50. The lowest BCUT2D eigenvalue weighted by Crippen LogP contribution is -2.43. The lowest BCUT2D eigenvalue weighted by atomic mass is 9.93. The zero-order valence-corrected chi connectivity index (χ0v) is 23.4. The summed E-state index contributed by atoms with van der Waals surface area (Å²) in [4.78, 5) is 34.7. The van der Waals surface area contributed by atoms with Gasteiger partial charge in [-0.2, -0.15) is 5.26 Å². The van der Waals surface area contributed by atoms with Crippen LogP contribution >= 0.6 is 11.3 Å². The molecule has 10 heteroatoms. The molecule has 2 aromatic carbocycles. The van der Waals surface area contributed by atoms with E-state index in [0.29, 0.717) is 56.5 Å². The van der Waals surface area contributed by atoms with Gasteiger partial charge in [0, 0.05) is 18.7 Å². The predicted molar refractivity (Wildman–Crippen MR) is 149 cm³/mol. The Kier molecular flexibility index (Phi) is 8.52. The average Bonchev–Trinajstić information content (AvgIpc) is 3.25. The Morgan fingerprint density at radius 3 is 2.44 bits per heavy atom. The maximum absolute atomic E-state index is 13.9. The van der Waals surface area contributed by atoms with Crippen molar-refractivity contribution in [2.24, 2.45) is 4.99 Å². The van der Waals surface area contributed by atoms with Gasteiger partial charge in [0.15, 0.2) is 11.4 Å². The fourth-order valence-corrected chi connectivity index (χ4v) is 5.60. The smallest absolute Gasteiger partial charge is 0.271 e. The van der Waals surface area contributed by atoms with E-state index in [1.54, 1.807) is 67.0 Å². The molecule has 0 aliphatic carbocycles. The highest BCUT2D eigenvalue weighted by Gasteiger charge is 2.36. The van der Waals surface area contributed by atoms with Crippen LogP contribution in [-0.2, 0) is 4.79 Å². The molecule has 0 spiro atoms. The first-order valence-electron chi connectivity index (χ1n) is 12.5. The summed E-state index contributed by atoms with van der Waals surface area (Å²) in [5.41, 5.74) is 2.12. The molecular weight excluding hydrogens is 516 g/mol. The van der Waals surface area contributed by atoms with E-state index in [0.717, 1.165) is 5.56 Å². The number of hydrogen-bond acceptors (Lipinski definition) is 8. The Bertz CT molecular complexity index is 1630. The molecular formula is C29H30N4O5S. The van der Waals surface area contributed by atoms with Crippen LogP contribution < -0.4 is 29.1 Å². The van der Waals surface area contributed by atoms with Crippen LogP contribution in [0.3, 0.4) is 0 Å². The van der Waals surface area contributed by atoms with Gasteiger partial charge in [0.1, 0.15) is 29.4 Å². The maximum Gasteiger partial charge on any atom is 0.271 e. The van der Waals surface area contributed by atoms with Crippen LogP contribution in [-0.4, -0.2) is 49.3 Å². The number of fused-ring (bicyclic) bond motifs is 1. The molecule has 0 bridgehead atoms. The quantitative estimate of drug-likeness (QED) is 0.409. The molecule has 0 saturated heterocycles. The number of methoxy groups -OCH3 is 2. The Morgan fingerprint density at radius 1 is 1.13 bits per heavy atom. The van der Waals surface area contributed by atoms with E-state index in [2.05, 4.69) is 0 Å². The second kappa shape index (κ2) is 12.0. The van der Waals surface area contributed by atoms with E-state index in [9.17, 15) is 9.59 Å². The second-order valence-corrected chi connectivity index (χ2v) is 9.69. The van der Waals surface area contributed by atoms with E-state index in [4.69, 9.17) is 24.5 Å². The van der Waals surface area contributed by atoms with Gasteiger partial charge in [0.25, 0.3) is 11.5 Å². The second-order valence-electron chi connectivity index (χ2n) is 8.68. The SMILES string of the molecule is CCN(CC)C(=O)C1=C(C)N=c2s/c(=C/c3ccc(OCC#N)cc3)c(=O)n2[C@@H]1c1cc(OC)ccc1OC. The molecule has 9 nitrogen and oxygen atoms in total. The first-order chi connectivity index (χ1) is 18.9. The van der Waals surface area contributed by atoms with Crippen LogP contribution in [0.5, 0.6) is 17.2 Å². The number of rotatable bonds is 9. The fourth-order valence-electron chi connectivity index (χ4n) is 4.55. The summed E-state index contributed by atoms with van der Waals surface area (Å²) in [6.45, 7) is 6.64. The molecule has 0 N–H and O–H groups in total. The van der Waals surface area contributed by atoms with Crippen molar-refractivity contribution in [3.05, 3.63) is 84.5 Å². The van der Waals surface area contributed by atoms with Crippen LogP contribution in [0, 0.1) is 11.3 Å². The van der Waals surface area contributed by atoms with Crippen LogP contribution in [0.4, 0.5) is 0 Å². The van der Waals surface area contributed by atoms with Gasteiger partial charge in [-0.25, -0.2) is 4.99 Å². The summed E-state index contributed by atoms with van der Waals surface area (Å²) in [7, 11) is 3.12. The van der Waals surface area contributed by atoms with Crippen LogP contribution in [0.1, 0.15) is 37.9 Å². The molecule has 1 aliphatic rings.